The summed E-state index contributed by atoms with van der Waals surface area (Å²) >= 11 is 0. The van der Waals surface area contributed by atoms with Crippen molar-refractivity contribution in [3.8, 4) is 0 Å². The summed E-state index contributed by atoms with van der Waals surface area (Å²) in [5, 5.41) is 3.73. The van der Waals surface area contributed by atoms with Crippen molar-refractivity contribution in [1.82, 2.24) is 5.32 Å². The lowest BCUT2D eigenvalue weighted by Crippen LogP contribution is -2.43. The Hall–Kier alpha value is -0.860. The maximum absolute atomic E-state index is 5.52. The molecule has 1 aromatic rings. The van der Waals surface area contributed by atoms with Crippen LogP contribution >= 0.6 is 0 Å². The fourth-order valence-corrected chi connectivity index (χ4v) is 2.43. The lowest BCUT2D eigenvalue weighted by molar-refractivity contribution is 0.0661. The molecule has 1 fully saturated rings. The maximum atomic E-state index is 5.52. The maximum Gasteiger partial charge on any atom is 0.0619 e. The second-order valence-corrected chi connectivity index (χ2v) is 4.88. The SMILES string of the molecule is CCC(Cc1ccccc1)NC1CCCOC1. The molecule has 0 amide bonds. The number of rotatable bonds is 5. The van der Waals surface area contributed by atoms with E-state index >= 15 is 0 Å². The minimum absolute atomic E-state index is 0.553. The van der Waals surface area contributed by atoms with Gasteiger partial charge in [-0.05, 0) is 31.2 Å². The zero-order valence-electron chi connectivity index (χ0n) is 10.7. The van der Waals surface area contributed by atoms with E-state index in [-0.39, 0.29) is 0 Å². The van der Waals surface area contributed by atoms with Gasteiger partial charge in [0, 0.05) is 18.7 Å². The molecule has 0 spiro atoms. The van der Waals surface area contributed by atoms with Crippen LogP contribution in [-0.4, -0.2) is 25.3 Å². The highest BCUT2D eigenvalue weighted by Gasteiger charge is 2.17. The van der Waals surface area contributed by atoms with E-state index in [9.17, 15) is 0 Å². The molecule has 1 heterocycles. The van der Waals surface area contributed by atoms with Crippen molar-refractivity contribution < 1.29 is 4.74 Å². The molecule has 2 nitrogen and oxygen atoms in total. The molecule has 1 saturated heterocycles. The van der Waals surface area contributed by atoms with Gasteiger partial charge in [0.25, 0.3) is 0 Å². The van der Waals surface area contributed by atoms with Crippen LogP contribution in [0.1, 0.15) is 31.7 Å². The molecule has 2 unspecified atom stereocenters. The Bertz CT molecular complexity index is 306. The first-order chi connectivity index (χ1) is 8.38. The van der Waals surface area contributed by atoms with E-state index in [2.05, 4.69) is 42.6 Å². The monoisotopic (exact) mass is 233 g/mol. The van der Waals surface area contributed by atoms with Gasteiger partial charge in [-0.25, -0.2) is 0 Å². The first-order valence-electron chi connectivity index (χ1n) is 6.76. The summed E-state index contributed by atoms with van der Waals surface area (Å²) < 4.78 is 5.52. The van der Waals surface area contributed by atoms with Crippen LogP contribution in [0, 0.1) is 0 Å². The Kier molecular flexibility index (Phi) is 5.02. The average Bonchev–Trinajstić information content (AvgIpc) is 2.40. The van der Waals surface area contributed by atoms with Gasteiger partial charge in [-0.2, -0.15) is 0 Å². The third-order valence-electron chi connectivity index (χ3n) is 3.45. The number of hydrogen-bond acceptors (Lipinski definition) is 2. The van der Waals surface area contributed by atoms with Crippen molar-refractivity contribution in [1.29, 1.82) is 0 Å². The third-order valence-corrected chi connectivity index (χ3v) is 3.45. The minimum atomic E-state index is 0.553. The fourth-order valence-electron chi connectivity index (χ4n) is 2.43. The molecule has 17 heavy (non-hydrogen) atoms. The van der Waals surface area contributed by atoms with E-state index < -0.39 is 0 Å². The zero-order chi connectivity index (χ0) is 11.9. The average molecular weight is 233 g/mol. The normalized spacial score (nSPS) is 22.3. The summed E-state index contributed by atoms with van der Waals surface area (Å²) in [7, 11) is 0. The highest BCUT2D eigenvalue weighted by Crippen LogP contribution is 2.11. The Balaban J connectivity index is 1.83. The van der Waals surface area contributed by atoms with E-state index in [0.29, 0.717) is 12.1 Å². The van der Waals surface area contributed by atoms with Crippen molar-refractivity contribution in [2.24, 2.45) is 0 Å². The molecule has 1 aromatic carbocycles. The Morgan fingerprint density at radius 2 is 2.18 bits per heavy atom. The molecule has 0 bridgehead atoms. The molecule has 2 rings (SSSR count). The van der Waals surface area contributed by atoms with Crippen molar-refractivity contribution >= 4 is 0 Å². The van der Waals surface area contributed by atoms with Crippen molar-refractivity contribution in [2.45, 2.75) is 44.7 Å². The minimum Gasteiger partial charge on any atom is -0.380 e. The van der Waals surface area contributed by atoms with Gasteiger partial charge in [-0.1, -0.05) is 37.3 Å². The largest absolute Gasteiger partial charge is 0.380 e. The van der Waals surface area contributed by atoms with Crippen LogP contribution < -0.4 is 5.32 Å². The number of benzene rings is 1. The summed E-state index contributed by atoms with van der Waals surface area (Å²) in [4.78, 5) is 0. The predicted molar refractivity (Wildman–Crippen MR) is 71.2 cm³/mol. The van der Waals surface area contributed by atoms with Crippen LogP contribution in [0.3, 0.4) is 0 Å². The summed E-state index contributed by atoms with van der Waals surface area (Å²) in [6.07, 6.45) is 4.74. The Morgan fingerprint density at radius 1 is 1.35 bits per heavy atom. The third kappa shape index (κ3) is 4.14. The second-order valence-electron chi connectivity index (χ2n) is 4.88. The second kappa shape index (κ2) is 6.77. The van der Waals surface area contributed by atoms with E-state index in [1.807, 2.05) is 0 Å². The van der Waals surface area contributed by atoms with Gasteiger partial charge in [-0.15, -0.1) is 0 Å². The van der Waals surface area contributed by atoms with Gasteiger partial charge in [0.15, 0.2) is 0 Å². The molecule has 1 aliphatic heterocycles. The standard InChI is InChI=1S/C15H23NO/c1-2-14(11-13-7-4-3-5-8-13)16-15-9-6-10-17-12-15/h3-5,7-8,14-16H,2,6,9-12H2,1H3. The van der Waals surface area contributed by atoms with Gasteiger partial charge in [0.2, 0.25) is 0 Å². The smallest absolute Gasteiger partial charge is 0.0619 e. The summed E-state index contributed by atoms with van der Waals surface area (Å²) in [6, 6.07) is 11.9. The molecule has 94 valence electrons. The summed E-state index contributed by atoms with van der Waals surface area (Å²) in [5.41, 5.74) is 1.42. The van der Waals surface area contributed by atoms with Crippen LogP contribution in [0.4, 0.5) is 0 Å². The quantitative estimate of drug-likeness (QED) is 0.844. The molecule has 0 saturated carbocycles. The van der Waals surface area contributed by atoms with Crippen LogP contribution in [-0.2, 0) is 11.2 Å². The molecule has 0 radical (unpaired) electrons. The molecule has 1 N–H and O–H groups in total. The van der Waals surface area contributed by atoms with Gasteiger partial charge < -0.3 is 10.1 Å². The number of nitrogens with one attached hydrogen (secondary N) is 1. The van der Waals surface area contributed by atoms with Crippen molar-refractivity contribution in [2.75, 3.05) is 13.2 Å². The van der Waals surface area contributed by atoms with E-state index in [1.54, 1.807) is 0 Å². The fraction of sp³-hybridized carbons (Fsp3) is 0.600. The first-order valence-corrected chi connectivity index (χ1v) is 6.76. The van der Waals surface area contributed by atoms with Gasteiger partial charge in [0.1, 0.15) is 0 Å². The van der Waals surface area contributed by atoms with E-state index in [4.69, 9.17) is 4.74 Å². The number of hydrogen-bond donors (Lipinski definition) is 1. The molecule has 1 aliphatic rings. The molecule has 2 heteroatoms. The summed E-state index contributed by atoms with van der Waals surface area (Å²) in [5.74, 6) is 0. The molecule has 0 aliphatic carbocycles. The predicted octanol–water partition coefficient (Wildman–Crippen LogP) is 2.78. The van der Waals surface area contributed by atoms with Crippen molar-refractivity contribution in [3.05, 3.63) is 35.9 Å². The highest BCUT2D eigenvalue weighted by atomic mass is 16.5. The molecular formula is C15H23NO. The topological polar surface area (TPSA) is 21.3 Å². The molecule has 0 aromatic heterocycles. The molecule has 2 atom stereocenters. The van der Waals surface area contributed by atoms with Gasteiger partial charge in [0.05, 0.1) is 6.61 Å². The molecular weight excluding hydrogens is 210 g/mol. The highest BCUT2D eigenvalue weighted by molar-refractivity contribution is 5.15. The van der Waals surface area contributed by atoms with Gasteiger partial charge in [-0.3, -0.25) is 0 Å². The lowest BCUT2D eigenvalue weighted by atomic mass is 10.0. The Labute approximate surface area is 104 Å². The van der Waals surface area contributed by atoms with Crippen LogP contribution in [0.2, 0.25) is 0 Å². The van der Waals surface area contributed by atoms with Crippen LogP contribution in [0.5, 0.6) is 0 Å². The Morgan fingerprint density at radius 3 is 2.82 bits per heavy atom. The van der Waals surface area contributed by atoms with Gasteiger partial charge >= 0.3 is 0 Å². The van der Waals surface area contributed by atoms with E-state index in [0.717, 1.165) is 19.6 Å². The summed E-state index contributed by atoms with van der Waals surface area (Å²) in [6.45, 7) is 4.07. The lowest BCUT2D eigenvalue weighted by Gasteiger charge is -2.28. The van der Waals surface area contributed by atoms with Crippen LogP contribution in [0.15, 0.2) is 30.3 Å². The van der Waals surface area contributed by atoms with E-state index in [1.165, 1.54) is 24.8 Å². The van der Waals surface area contributed by atoms with Crippen LogP contribution in [0.25, 0.3) is 0 Å². The first kappa shape index (κ1) is 12.6. The van der Waals surface area contributed by atoms with Crippen molar-refractivity contribution in [3.63, 3.8) is 0 Å². The zero-order valence-corrected chi connectivity index (χ0v) is 10.7. The number of ether oxygens (including phenoxy) is 1.